The standard InChI is InChI=1S/C17H18O2S/c1-3-7-16(17(18)19-4-2)20-15-11-10-13-8-5-6-9-14(13)12-15/h5-12H,3-4H2,1-2H3/b16-7-. The Morgan fingerprint density at radius 3 is 2.60 bits per heavy atom. The van der Waals surface area contributed by atoms with Crippen LogP contribution in [0.2, 0.25) is 0 Å². The normalized spacial score (nSPS) is 11.6. The first-order valence-electron chi connectivity index (χ1n) is 6.78. The Morgan fingerprint density at radius 1 is 1.15 bits per heavy atom. The molecule has 2 rings (SSSR count). The molecule has 0 saturated heterocycles. The van der Waals surface area contributed by atoms with Crippen LogP contribution >= 0.6 is 11.8 Å². The highest BCUT2D eigenvalue weighted by Gasteiger charge is 2.12. The van der Waals surface area contributed by atoms with E-state index in [1.165, 1.54) is 22.5 Å². The van der Waals surface area contributed by atoms with Gasteiger partial charge in [-0.05, 0) is 36.2 Å². The average molecular weight is 286 g/mol. The fourth-order valence-electron chi connectivity index (χ4n) is 1.91. The minimum absolute atomic E-state index is 0.243. The summed E-state index contributed by atoms with van der Waals surface area (Å²) in [4.78, 5) is 13.6. The van der Waals surface area contributed by atoms with Crippen LogP contribution in [0, 0.1) is 0 Å². The van der Waals surface area contributed by atoms with Crippen LogP contribution in [0.1, 0.15) is 20.3 Å². The number of allylic oxidation sites excluding steroid dienone is 1. The Kier molecular flexibility index (Phi) is 5.24. The van der Waals surface area contributed by atoms with Gasteiger partial charge in [0.1, 0.15) is 0 Å². The van der Waals surface area contributed by atoms with Gasteiger partial charge in [0.15, 0.2) is 0 Å². The molecule has 0 saturated carbocycles. The van der Waals surface area contributed by atoms with Gasteiger partial charge in [-0.1, -0.05) is 55.1 Å². The van der Waals surface area contributed by atoms with Gasteiger partial charge < -0.3 is 4.74 Å². The zero-order valence-electron chi connectivity index (χ0n) is 11.8. The van der Waals surface area contributed by atoms with E-state index < -0.39 is 0 Å². The van der Waals surface area contributed by atoms with Gasteiger partial charge in [0, 0.05) is 4.90 Å². The molecule has 0 aromatic heterocycles. The summed E-state index contributed by atoms with van der Waals surface area (Å²) in [5, 5.41) is 2.38. The summed E-state index contributed by atoms with van der Waals surface area (Å²) in [6.07, 6.45) is 2.73. The summed E-state index contributed by atoms with van der Waals surface area (Å²) in [6, 6.07) is 14.4. The fourth-order valence-corrected chi connectivity index (χ4v) is 2.88. The number of carbonyl (C=O) groups excluding carboxylic acids is 1. The summed E-state index contributed by atoms with van der Waals surface area (Å²) in [5.74, 6) is -0.243. The van der Waals surface area contributed by atoms with Crippen LogP contribution in [0.25, 0.3) is 10.8 Å². The number of carbonyl (C=O) groups is 1. The van der Waals surface area contributed by atoms with E-state index >= 15 is 0 Å². The minimum Gasteiger partial charge on any atom is -0.462 e. The molecular weight excluding hydrogens is 268 g/mol. The van der Waals surface area contributed by atoms with Crippen LogP contribution in [0.4, 0.5) is 0 Å². The number of rotatable bonds is 5. The third-order valence-electron chi connectivity index (χ3n) is 2.81. The second kappa shape index (κ2) is 7.15. The Bertz CT molecular complexity index is 632. The van der Waals surface area contributed by atoms with Gasteiger partial charge in [-0.15, -0.1) is 0 Å². The molecule has 0 atom stereocenters. The first-order chi connectivity index (χ1) is 9.74. The van der Waals surface area contributed by atoms with Crippen molar-refractivity contribution in [3.63, 3.8) is 0 Å². The molecule has 2 nitrogen and oxygen atoms in total. The Hall–Kier alpha value is -1.74. The Morgan fingerprint density at radius 2 is 1.90 bits per heavy atom. The van der Waals surface area contributed by atoms with E-state index in [4.69, 9.17) is 4.74 Å². The summed E-state index contributed by atoms with van der Waals surface area (Å²) < 4.78 is 5.09. The SMILES string of the molecule is CC/C=C(\Sc1ccc2ccccc2c1)C(=O)OCC. The van der Waals surface area contributed by atoms with Gasteiger partial charge in [-0.2, -0.15) is 0 Å². The van der Waals surface area contributed by atoms with E-state index in [0.717, 1.165) is 11.3 Å². The molecule has 3 heteroatoms. The predicted octanol–water partition coefficient (Wildman–Crippen LogP) is 4.79. The van der Waals surface area contributed by atoms with E-state index in [1.54, 1.807) is 0 Å². The number of benzene rings is 2. The molecule has 0 aliphatic carbocycles. The third kappa shape index (κ3) is 3.64. The minimum atomic E-state index is -0.243. The Balaban J connectivity index is 2.24. The first kappa shape index (κ1) is 14.7. The maximum atomic E-state index is 11.9. The zero-order valence-corrected chi connectivity index (χ0v) is 12.6. The van der Waals surface area contributed by atoms with Crippen molar-refractivity contribution < 1.29 is 9.53 Å². The van der Waals surface area contributed by atoms with E-state index in [0.29, 0.717) is 11.5 Å². The summed E-state index contributed by atoms with van der Waals surface area (Å²) in [6.45, 7) is 4.24. The van der Waals surface area contributed by atoms with Gasteiger partial charge >= 0.3 is 5.97 Å². The second-order valence-electron chi connectivity index (χ2n) is 4.31. The molecule has 0 unspecified atom stereocenters. The molecular formula is C17H18O2S. The third-order valence-corrected chi connectivity index (χ3v) is 3.86. The van der Waals surface area contributed by atoms with Crippen molar-refractivity contribution >= 4 is 28.5 Å². The molecule has 0 aliphatic rings. The molecule has 0 N–H and O–H groups in total. The number of ether oxygens (including phenoxy) is 1. The molecule has 0 spiro atoms. The van der Waals surface area contributed by atoms with Gasteiger partial charge in [0.05, 0.1) is 11.5 Å². The topological polar surface area (TPSA) is 26.3 Å². The zero-order chi connectivity index (χ0) is 14.4. The molecule has 2 aromatic rings. The number of hydrogen-bond acceptors (Lipinski definition) is 3. The number of thioether (sulfide) groups is 1. The number of hydrogen-bond donors (Lipinski definition) is 0. The maximum absolute atomic E-state index is 11.9. The quantitative estimate of drug-likeness (QED) is 0.449. The highest BCUT2D eigenvalue weighted by Crippen LogP contribution is 2.30. The van der Waals surface area contributed by atoms with E-state index in [1.807, 2.05) is 38.1 Å². The molecule has 0 radical (unpaired) electrons. The highest BCUT2D eigenvalue weighted by atomic mass is 32.2. The predicted molar refractivity (Wildman–Crippen MR) is 84.8 cm³/mol. The monoisotopic (exact) mass is 286 g/mol. The van der Waals surface area contributed by atoms with E-state index in [-0.39, 0.29) is 5.97 Å². The number of fused-ring (bicyclic) bond motifs is 1. The lowest BCUT2D eigenvalue weighted by atomic mass is 10.1. The Labute approximate surface area is 123 Å². The molecule has 2 aromatic carbocycles. The lowest BCUT2D eigenvalue weighted by Crippen LogP contribution is -2.05. The first-order valence-corrected chi connectivity index (χ1v) is 7.60. The molecule has 0 heterocycles. The highest BCUT2D eigenvalue weighted by molar-refractivity contribution is 8.04. The lowest BCUT2D eigenvalue weighted by Gasteiger charge is -2.07. The summed E-state index contributed by atoms with van der Waals surface area (Å²) >= 11 is 1.46. The van der Waals surface area contributed by atoms with Gasteiger partial charge in [0.2, 0.25) is 0 Å². The van der Waals surface area contributed by atoms with Crippen LogP contribution in [-0.2, 0) is 9.53 Å². The maximum Gasteiger partial charge on any atom is 0.344 e. The van der Waals surface area contributed by atoms with Crippen molar-refractivity contribution in [1.82, 2.24) is 0 Å². The van der Waals surface area contributed by atoms with Crippen LogP contribution in [0.3, 0.4) is 0 Å². The van der Waals surface area contributed by atoms with E-state index in [2.05, 4.69) is 24.3 Å². The molecule has 0 fully saturated rings. The smallest absolute Gasteiger partial charge is 0.344 e. The van der Waals surface area contributed by atoms with Crippen molar-refractivity contribution in [2.75, 3.05) is 6.61 Å². The lowest BCUT2D eigenvalue weighted by molar-refractivity contribution is -0.137. The van der Waals surface area contributed by atoms with Crippen LogP contribution < -0.4 is 0 Å². The van der Waals surface area contributed by atoms with Crippen LogP contribution in [0.5, 0.6) is 0 Å². The van der Waals surface area contributed by atoms with Crippen molar-refractivity contribution in [2.45, 2.75) is 25.2 Å². The van der Waals surface area contributed by atoms with Crippen molar-refractivity contribution in [3.8, 4) is 0 Å². The largest absolute Gasteiger partial charge is 0.462 e. The molecule has 104 valence electrons. The fraction of sp³-hybridized carbons (Fsp3) is 0.235. The number of esters is 1. The summed E-state index contributed by atoms with van der Waals surface area (Å²) in [5.41, 5.74) is 0. The molecule has 20 heavy (non-hydrogen) atoms. The summed E-state index contributed by atoms with van der Waals surface area (Å²) in [7, 11) is 0. The van der Waals surface area contributed by atoms with Crippen molar-refractivity contribution in [3.05, 3.63) is 53.4 Å². The molecule has 0 amide bonds. The second-order valence-corrected chi connectivity index (χ2v) is 5.42. The van der Waals surface area contributed by atoms with Crippen LogP contribution in [0.15, 0.2) is 58.3 Å². The average Bonchev–Trinajstić information content (AvgIpc) is 2.47. The molecule has 0 aliphatic heterocycles. The van der Waals surface area contributed by atoms with E-state index in [9.17, 15) is 4.79 Å². The van der Waals surface area contributed by atoms with Gasteiger partial charge in [-0.3, -0.25) is 0 Å². The van der Waals surface area contributed by atoms with Crippen molar-refractivity contribution in [1.29, 1.82) is 0 Å². The molecule has 0 bridgehead atoms. The van der Waals surface area contributed by atoms with Gasteiger partial charge in [0.25, 0.3) is 0 Å². The van der Waals surface area contributed by atoms with Gasteiger partial charge in [-0.25, -0.2) is 4.79 Å². The van der Waals surface area contributed by atoms with Crippen molar-refractivity contribution in [2.24, 2.45) is 0 Å². The van der Waals surface area contributed by atoms with Crippen LogP contribution in [-0.4, -0.2) is 12.6 Å².